The molecule has 0 aromatic carbocycles. The van der Waals surface area contributed by atoms with E-state index in [0.29, 0.717) is 18.6 Å². The van der Waals surface area contributed by atoms with Gasteiger partial charge in [-0.2, -0.15) is 4.98 Å². The van der Waals surface area contributed by atoms with Crippen LogP contribution >= 0.6 is 0 Å². The molecule has 108 valence electrons. The summed E-state index contributed by atoms with van der Waals surface area (Å²) >= 11 is 0. The number of aliphatic hydroxyl groups excluding tert-OH is 1. The first-order valence-electron chi connectivity index (χ1n) is 6.39. The molecular formula is C12H17N5O3. The topological polar surface area (TPSA) is 113 Å². The molecule has 2 aromatic heterocycles. The van der Waals surface area contributed by atoms with Crippen LogP contribution in [0.15, 0.2) is 11.1 Å². The van der Waals surface area contributed by atoms with Crippen molar-refractivity contribution in [1.82, 2.24) is 19.5 Å². The van der Waals surface area contributed by atoms with Crippen molar-refractivity contribution < 1.29 is 9.90 Å². The lowest BCUT2D eigenvalue weighted by Crippen LogP contribution is -2.22. The standard InChI is InChI=1S/C12H17N5O3/c1-7(2)10(19)15-12-14-9-8(11(20)16-12)13-6-17(9)4-3-5-18/h6-7,18H,3-5H2,1-2H3,(H2,14,15,16,19,20). The molecule has 0 aliphatic carbocycles. The van der Waals surface area contributed by atoms with Crippen molar-refractivity contribution in [1.29, 1.82) is 0 Å². The number of nitrogens with one attached hydrogen (secondary N) is 2. The van der Waals surface area contributed by atoms with Crippen molar-refractivity contribution in [3.8, 4) is 0 Å². The molecule has 2 aromatic rings. The largest absolute Gasteiger partial charge is 0.396 e. The summed E-state index contributed by atoms with van der Waals surface area (Å²) in [4.78, 5) is 34.2. The Bertz CT molecular complexity index is 673. The van der Waals surface area contributed by atoms with Gasteiger partial charge in [0, 0.05) is 19.1 Å². The number of fused-ring (bicyclic) bond motifs is 1. The SMILES string of the molecule is CC(C)C(=O)Nc1nc2c(ncn2CCCO)c(=O)[nH]1. The van der Waals surface area contributed by atoms with Crippen molar-refractivity contribution in [2.75, 3.05) is 11.9 Å². The lowest BCUT2D eigenvalue weighted by atomic mass is 10.2. The average Bonchev–Trinajstić information content (AvgIpc) is 2.79. The Morgan fingerprint density at radius 2 is 2.30 bits per heavy atom. The summed E-state index contributed by atoms with van der Waals surface area (Å²) in [7, 11) is 0. The molecule has 2 heterocycles. The van der Waals surface area contributed by atoms with E-state index < -0.39 is 5.56 Å². The Labute approximate surface area is 114 Å². The molecule has 0 aliphatic heterocycles. The molecule has 8 nitrogen and oxygen atoms in total. The van der Waals surface area contributed by atoms with Gasteiger partial charge in [0.1, 0.15) is 0 Å². The lowest BCUT2D eigenvalue weighted by Gasteiger charge is -2.07. The van der Waals surface area contributed by atoms with Crippen LogP contribution in [0.25, 0.3) is 11.2 Å². The minimum Gasteiger partial charge on any atom is -0.396 e. The fourth-order valence-electron chi connectivity index (χ4n) is 1.68. The quantitative estimate of drug-likeness (QED) is 0.718. The summed E-state index contributed by atoms with van der Waals surface area (Å²) in [6.07, 6.45) is 2.03. The molecule has 0 fully saturated rings. The number of anilines is 1. The first-order valence-corrected chi connectivity index (χ1v) is 6.39. The number of aromatic nitrogens is 4. The Morgan fingerprint density at radius 1 is 1.55 bits per heavy atom. The third-order valence-electron chi connectivity index (χ3n) is 2.80. The number of hydrogen-bond acceptors (Lipinski definition) is 5. The molecule has 0 saturated heterocycles. The van der Waals surface area contributed by atoms with Gasteiger partial charge >= 0.3 is 0 Å². The second-order valence-electron chi connectivity index (χ2n) is 4.75. The zero-order valence-electron chi connectivity index (χ0n) is 11.4. The van der Waals surface area contributed by atoms with Gasteiger partial charge in [0.2, 0.25) is 11.9 Å². The van der Waals surface area contributed by atoms with Crippen LogP contribution in [0.1, 0.15) is 20.3 Å². The summed E-state index contributed by atoms with van der Waals surface area (Å²) in [6.45, 7) is 4.04. The second-order valence-corrected chi connectivity index (χ2v) is 4.75. The zero-order valence-corrected chi connectivity index (χ0v) is 11.4. The second kappa shape index (κ2) is 5.83. The van der Waals surface area contributed by atoms with Gasteiger partial charge in [-0.1, -0.05) is 13.8 Å². The van der Waals surface area contributed by atoms with E-state index in [1.807, 2.05) is 0 Å². The summed E-state index contributed by atoms with van der Waals surface area (Å²) in [5, 5.41) is 11.4. The molecule has 2 rings (SSSR count). The number of H-pyrrole nitrogens is 1. The zero-order chi connectivity index (χ0) is 14.7. The van der Waals surface area contributed by atoms with Gasteiger partial charge in [0.05, 0.1) is 6.33 Å². The van der Waals surface area contributed by atoms with Crippen LogP contribution in [-0.4, -0.2) is 37.1 Å². The smallest absolute Gasteiger partial charge is 0.280 e. The van der Waals surface area contributed by atoms with Crippen molar-refractivity contribution >= 4 is 23.0 Å². The minimum absolute atomic E-state index is 0.0415. The van der Waals surface area contributed by atoms with E-state index in [4.69, 9.17) is 5.11 Å². The number of nitrogens with zero attached hydrogens (tertiary/aromatic N) is 3. The third-order valence-corrected chi connectivity index (χ3v) is 2.80. The number of rotatable bonds is 5. The average molecular weight is 279 g/mol. The highest BCUT2D eigenvalue weighted by Gasteiger charge is 2.13. The minimum atomic E-state index is -0.406. The van der Waals surface area contributed by atoms with Gasteiger partial charge < -0.3 is 9.67 Å². The van der Waals surface area contributed by atoms with Gasteiger partial charge in [-0.05, 0) is 6.42 Å². The van der Waals surface area contributed by atoms with Crippen molar-refractivity contribution in [3.63, 3.8) is 0 Å². The van der Waals surface area contributed by atoms with E-state index in [0.717, 1.165) is 0 Å². The Kier molecular flexibility index (Phi) is 4.14. The number of hydrogen-bond donors (Lipinski definition) is 3. The summed E-state index contributed by atoms with van der Waals surface area (Å²) in [6, 6.07) is 0. The van der Waals surface area contributed by atoms with Gasteiger partial charge in [-0.3, -0.25) is 19.9 Å². The van der Waals surface area contributed by atoms with E-state index in [1.54, 1.807) is 18.4 Å². The van der Waals surface area contributed by atoms with E-state index >= 15 is 0 Å². The Balaban J connectivity index is 2.38. The molecule has 0 radical (unpaired) electrons. The van der Waals surface area contributed by atoms with Crippen molar-refractivity contribution in [3.05, 3.63) is 16.7 Å². The molecule has 0 unspecified atom stereocenters. The predicted molar refractivity (Wildman–Crippen MR) is 73.3 cm³/mol. The molecule has 20 heavy (non-hydrogen) atoms. The van der Waals surface area contributed by atoms with Gasteiger partial charge in [-0.15, -0.1) is 0 Å². The maximum absolute atomic E-state index is 11.9. The van der Waals surface area contributed by atoms with Crippen molar-refractivity contribution in [2.24, 2.45) is 5.92 Å². The molecule has 0 spiro atoms. The van der Waals surface area contributed by atoms with Gasteiger partial charge in [0.15, 0.2) is 11.2 Å². The van der Waals surface area contributed by atoms with Crippen LogP contribution < -0.4 is 10.9 Å². The first-order chi connectivity index (χ1) is 9.52. The molecule has 0 saturated carbocycles. The summed E-state index contributed by atoms with van der Waals surface area (Å²) in [5.74, 6) is -0.337. The highest BCUT2D eigenvalue weighted by Crippen LogP contribution is 2.09. The molecular weight excluding hydrogens is 262 g/mol. The number of amides is 1. The van der Waals surface area contributed by atoms with Crippen molar-refractivity contribution in [2.45, 2.75) is 26.8 Å². The van der Waals surface area contributed by atoms with Crippen LogP contribution in [0.4, 0.5) is 5.95 Å². The van der Waals surface area contributed by atoms with Gasteiger partial charge in [0.25, 0.3) is 5.56 Å². The number of aryl methyl sites for hydroxylation is 1. The highest BCUT2D eigenvalue weighted by molar-refractivity contribution is 5.91. The van der Waals surface area contributed by atoms with Crippen LogP contribution in [0, 0.1) is 5.92 Å². The maximum Gasteiger partial charge on any atom is 0.280 e. The van der Waals surface area contributed by atoms with Crippen LogP contribution in [-0.2, 0) is 11.3 Å². The van der Waals surface area contributed by atoms with E-state index in [1.165, 1.54) is 6.33 Å². The molecule has 3 N–H and O–H groups in total. The van der Waals surface area contributed by atoms with Crippen LogP contribution in [0.5, 0.6) is 0 Å². The van der Waals surface area contributed by atoms with E-state index in [-0.39, 0.29) is 29.9 Å². The highest BCUT2D eigenvalue weighted by atomic mass is 16.3. The maximum atomic E-state index is 11.9. The third kappa shape index (κ3) is 2.85. The number of aromatic amines is 1. The molecule has 0 atom stereocenters. The van der Waals surface area contributed by atoms with Crippen LogP contribution in [0.2, 0.25) is 0 Å². The Hall–Kier alpha value is -2.22. The number of imidazole rings is 1. The summed E-state index contributed by atoms with van der Waals surface area (Å²) < 4.78 is 1.67. The fourth-order valence-corrected chi connectivity index (χ4v) is 1.68. The Morgan fingerprint density at radius 3 is 2.95 bits per heavy atom. The molecule has 1 amide bonds. The monoisotopic (exact) mass is 279 g/mol. The molecule has 8 heteroatoms. The fraction of sp³-hybridized carbons (Fsp3) is 0.500. The van der Waals surface area contributed by atoms with Gasteiger partial charge in [-0.25, -0.2) is 4.98 Å². The molecule has 0 aliphatic rings. The predicted octanol–water partition coefficient (Wildman–Crippen LogP) is 0.0965. The molecule has 0 bridgehead atoms. The first kappa shape index (κ1) is 14.2. The normalized spacial score (nSPS) is 11.2. The van der Waals surface area contributed by atoms with E-state index in [9.17, 15) is 9.59 Å². The van der Waals surface area contributed by atoms with Crippen LogP contribution in [0.3, 0.4) is 0 Å². The number of carbonyl (C=O) groups excluding carboxylic acids is 1. The number of aliphatic hydroxyl groups is 1. The summed E-state index contributed by atoms with van der Waals surface area (Å²) in [5.41, 5.74) is 0.198. The lowest BCUT2D eigenvalue weighted by molar-refractivity contribution is -0.118. The number of carbonyl (C=O) groups is 1. The van der Waals surface area contributed by atoms with E-state index in [2.05, 4.69) is 20.3 Å².